The van der Waals surface area contributed by atoms with Gasteiger partial charge in [0.1, 0.15) is 5.75 Å². The van der Waals surface area contributed by atoms with Crippen molar-refractivity contribution >= 4 is 34.6 Å². The van der Waals surface area contributed by atoms with Gasteiger partial charge in [0.2, 0.25) is 0 Å². The highest BCUT2D eigenvalue weighted by Crippen LogP contribution is 2.38. The van der Waals surface area contributed by atoms with Crippen molar-refractivity contribution in [3.63, 3.8) is 0 Å². The molecular formula is C21H16Cl2N2O. The number of halogens is 2. The molecule has 1 atom stereocenters. The van der Waals surface area contributed by atoms with E-state index in [2.05, 4.69) is 6.07 Å². The predicted molar refractivity (Wildman–Crippen MR) is 107 cm³/mol. The van der Waals surface area contributed by atoms with Crippen LogP contribution in [0.5, 0.6) is 5.75 Å². The summed E-state index contributed by atoms with van der Waals surface area (Å²) in [6, 6.07) is 22.6. The standard InChI is InChI=1S/C21H16Cl2N2O/c22-16-4-1-3-15(11-16)21-13-20(14-7-9-19(26)10-8-14)24-25(21)18-6-2-5-17(23)12-18/h1-12,21,26H,13H2. The molecule has 1 heterocycles. The minimum absolute atomic E-state index is 0.0240. The number of anilines is 1. The Hall–Kier alpha value is -2.49. The largest absolute Gasteiger partial charge is 0.508 e. The summed E-state index contributed by atoms with van der Waals surface area (Å²) in [5.41, 5.74) is 3.96. The van der Waals surface area contributed by atoms with Gasteiger partial charge in [0.15, 0.2) is 0 Å². The maximum Gasteiger partial charge on any atom is 0.115 e. The van der Waals surface area contributed by atoms with Crippen LogP contribution in [0.15, 0.2) is 77.9 Å². The molecule has 26 heavy (non-hydrogen) atoms. The third-order valence-corrected chi connectivity index (χ3v) is 4.89. The number of hydrazone groups is 1. The highest BCUT2D eigenvalue weighted by molar-refractivity contribution is 6.31. The molecule has 1 aliphatic rings. The van der Waals surface area contributed by atoms with E-state index < -0.39 is 0 Å². The van der Waals surface area contributed by atoms with Crippen molar-refractivity contribution in [1.29, 1.82) is 0 Å². The van der Waals surface area contributed by atoms with Crippen molar-refractivity contribution in [2.24, 2.45) is 5.10 Å². The summed E-state index contributed by atoms with van der Waals surface area (Å²) in [4.78, 5) is 0. The Balaban J connectivity index is 1.77. The van der Waals surface area contributed by atoms with Gasteiger partial charge in [-0.05, 0) is 65.7 Å². The van der Waals surface area contributed by atoms with Crippen molar-refractivity contribution in [2.75, 3.05) is 5.01 Å². The predicted octanol–water partition coefficient (Wildman–Crippen LogP) is 6.05. The van der Waals surface area contributed by atoms with E-state index >= 15 is 0 Å². The quantitative estimate of drug-likeness (QED) is 0.597. The highest BCUT2D eigenvalue weighted by Gasteiger charge is 2.30. The van der Waals surface area contributed by atoms with E-state index in [-0.39, 0.29) is 11.8 Å². The fourth-order valence-corrected chi connectivity index (χ4v) is 3.55. The van der Waals surface area contributed by atoms with Crippen LogP contribution >= 0.6 is 23.2 Å². The number of nitrogens with zero attached hydrogens (tertiary/aromatic N) is 2. The number of benzene rings is 3. The summed E-state index contributed by atoms with van der Waals surface area (Å²) in [6.07, 6.45) is 0.734. The molecule has 3 nitrogen and oxygen atoms in total. The van der Waals surface area contributed by atoms with Crippen molar-refractivity contribution in [2.45, 2.75) is 12.5 Å². The van der Waals surface area contributed by atoms with Crippen LogP contribution in [-0.2, 0) is 0 Å². The summed E-state index contributed by atoms with van der Waals surface area (Å²) < 4.78 is 0. The topological polar surface area (TPSA) is 35.8 Å². The van der Waals surface area contributed by atoms with E-state index in [1.165, 1.54) is 0 Å². The van der Waals surface area contributed by atoms with Gasteiger partial charge in [-0.1, -0.05) is 41.4 Å². The van der Waals surface area contributed by atoms with Gasteiger partial charge in [0, 0.05) is 16.5 Å². The third kappa shape index (κ3) is 3.41. The van der Waals surface area contributed by atoms with Crippen molar-refractivity contribution in [1.82, 2.24) is 0 Å². The lowest BCUT2D eigenvalue weighted by molar-refractivity contribution is 0.475. The molecule has 130 valence electrons. The van der Waals surface area contributed by atoms with Crippen LogP contribution in [0.2, 0.25) is 10.0 Å². The molecule has 0 saturated carbocycles. The van der Waals surface area contributed by atoms with E-state index in [1.54, 1.807) is 12.1 Å². The second-order valence-corrected chi connectivity index (χ2v) is 7.07. The molecule has 0 saturated heterocycles. The van der Waals surface area contributed by atoms with Gasteiger partial charge in [-0.15, -0.1) is 0 Å². The molecule has 0 radical (unpaired) electrons. The van der Waals surface area contributed by atoms with Gasteiger partial charge in [-0.2, -0.15) is 5.10 Å². The summed E-state index contributed by atoms with van der Waals surface area (Å²) >= 11 is 12.4. The molecule has 0 amide bonds. The summed E-state index contributed by atoms with van der Waals surface area (Å²) in [5.74, 6) is 0.241. The summed E-state index contributed by atoms with van der Waals surface area (Å²) in [6.45, 7) is 0. The van der Waals surface area contributed by atoms with Gasteiger partial charge in [-0.25, -0.2) is 0 Å². The lowest BCUT2D eigenvalue weighted by atomic mass is 9.98. The molecule has 1 unspecified atom stereocenters. The zero-order valence-electron chi connectivity index (χ0n) is 13.8. The number of hydrogen-bond donors (Lipinski definition) is 1. The minimum Gasteiger partial charge on any atom is -0.508 e. The zero-order valence-corrected chi connectivity index (χ0v) is 15.3. The lowest BCUT2D eigenvalue weighted by Gasteiger charge is -2.24. The van der Waals surface area contributed by atoms with E-state index in [1.807, 2.05) is 59.6 Å². The van der Waals surface area contributed by atoms with Crippen LogP contribution < -0.4 is 5.01 Å². The van der Waals surface area contributed by atoms with E-state index in [4.69, 9.17) is 28.3 Å². The Morgan fingerprint density at radius 3 is 2.27 bits per heavy atom. The first-order chi connectivity index (χ1) is 12.6. The molecule has 0 spiro atoms. The molecule has 0 aliphatic carbocycles. The Labute approximate surface area is 162 Å². The Morgan fingerprint density at radius 1 is 0.885 bits per heavy atom. The van der Waals surface area contributed by atoms with Crippen molar-refractivity contribution < 1.29 is 5.11 Å². The molecule has 0 bridgehead atoms. The molecule has 1 aliphatic heterocycles. The smallest absolute Gasteiger partial charge is 0.115 e. The Kier molecular flexibility index (Phi) is 4.58. The van der Waals surface area contributed by atoms with Crippen LogP contribution in [0.1, 0.15) is 23.6 Å². The average molecular weight is 383 g/mol. The second-order valence-electron chi connectivity index (χ2n) is 6.19. The first kappa shape index (κ1) is 17.0. The van der Waals surface area contributed by atoms with Crippen LogP contribution in [0.4, 0.5) is 5.69 Å². The number of hydrogen-bond acceptors (Lipinski definition) is 3. The van der Waals surface area contributed by atoms with E-state index in [0.29, 0.717) is 10.0 Å². The average Bonchev–Trinajstić information content (AvgIpc) is 3.08. The van der Waals surface area contributed by atoms with Crippen molar-refractivity contribution in [3.8, 4) is 5.75 Å². The maximum atomic E-state index is 9.54. The fourth-order valence-electron chi connectivity index (χ4n) is 3.17. The van der Waals surface area contributed by atoms with Gasteiger partial charge in [0.05, 0.1) is 17.4 Å². The van der Waals surface area contributed by atoms with Crippen LogP contribution in [-0.4, -0.2) is 10.8 Å². The van der Waals surface area contributed by atoms with Crippen molar-refractivity contribution in [3.05, 3.63) is 94.0 Å². The van der Waals surface area contributed by atoms with Crippen LogP contribution in [0.3, 0.4) is 0 Å². The second kappa shape index (κ2) is 7.02. The normalized spacial score (nSPS) is 16.6. The molecular weight excluding hydrogens is 367 g/mol. The number of aromatic hydroxyl groups is 1. The summed E-state index contributed by atoms with van der Waals surface area (Å²) in [5, 5.41) is 17.7. The molecule has 3 aromatic rings. The van der Waals surface area contributed by atoms with Crippen LogP contribution in [0.25, 0.3) is 0 Å². The van der Waals surface area contributed by atoms with Crippen LogP contribution in [0, 0.1) is 0 Å². The van der Waals surface area contributed by atoms with Gasteiger partial charge in [0.25, 0.3) is 0 Å². The molecule has 5 heteroatoms. The molecule has 0 aromatic heterocycles. The molecule has 3 aromatic carbocycles. The lowest BCUT2D eigenvalue weighted by Crippen LogP contribution is -2.18. The zero-order chi connectivity index (χ0) is 18.1. The first-order valence-electron chi connectivity index (χ1n) is 8.27. The van der Waals surface area contributed by atoms with E-state index in [9.17, 15) is 5.11 Å². The van der Waals surface area contributed by atoms with Gasteiger partial charge < -0.3 is 5.11 Å². The molecule has 0 fully saturated rings. The minimum atomic E-state index is 0.0240. The highest BCUT2D eigenvalue weighted by atomic mass is 35.5. The number of phenolic OH excluding ortho intramolecular Hbond substituents is 1. The number of rotatable bonds is 3. The monoisotopic (exact) mass is 382 g/mol. The maximum absolute atomic E-state index is 9.54. The van der Waals surface area contributed by atoms with E-state index in [0.717, 1.165) is 28.9 Å². The van der Waals surface area contributed by atoms with Gasteiger partial charge >= 0.3 is 0 Å². The summed E-state index contributed by atoms with van der Waals surface area (Å²) in [7, 11) is 0. The number of phenols is 1. The third-order valence-electron chi connectivity index (χ3n) is 4.42. The molecule has 1 N–H and O–H groups in total. The van der Waals surface area contributed by atoms with Gasteiger partial charge in [-0.3, -0.25) is 5.01 Å². The Bertz CT molecular complexity index is 970. The Morgan fingerprint density at radius 2 is 1.58 bits per heavy atom. The SMILES string of the molecule is Oc1ccc(C2=NN(c3cccc(Cl)c3)C(c3cccc(Cl)c3)C2)cc1. The fraction of sp³-hybridized carbons (Fsp3) is 0.0952. The first-order valence-corrected chi connectivity index (χ1v) is 9.03. The molecule has 4 rings (SSSR count).